The minimum atomic E-state index is -0.103. The highest BCUT2D eigenvalue weighted by Gasteiger charge is 2.31. The van der Waals surface area contributed by atoms with Crippen LogP contribution in [0.3, 0.4) is 0 Å². The second-order valence-electron chi connectivity index (χ2n) is 7.26. The summed E-state index contributed by atoms with van der Waals surface area (Å²) in [6, 6.07) is 9.70. The van der Waals surface area contributed by atoms with Crippen molar-refractivity contribution in [2.75, 3.05) is 46.9 Å². The lowest BCUT2D eigenvalue weighted by Gasteiger charge is -2.38. The van der Waals surface area contributed by atoms with Gasteiger partial charge in [0.1, 0.15) is 12.3 Å². The number of aromatic nitrogens is 4. The molecule has 0 radical (unpaired) electrons. The van der Waals surface area contributed by atoms with E-state index in [9.17, 15) is 0 Å². The van der Waals surface area contributed by atoms with Gasteiger partial charge in [0.05, 0.1) is 26.5 Å². The third-order valence-corrected chi connectivity index (χ3v) is 5.63. The second-order valence-corrected chi connectivity index (χ2v) is 7.26. The SMILES string of the molecule is CCN1CCN(C(c2ccc(OC)c(OC)c2)c2nnnn2Cc2ccco2)CC1. The zero-order valence-electron chi connectivity index (χ0n) is 17.7. The molecule has 9 heteroatoms. The van der Waals surface area contributed by atoms with Crippen molar-refractivity contribution < 1.29 is 13.9 Å². The first-order valence-corrected chi connectivity index (χ1v) is 10.2. The molecule has 1 aliphatic heterocycles. The van der Waals surface area contributed by atoms with Crippen LogP contribution < -0.4 is 9.47 Å². The molecule has 1 fully saturated rings. The third-order valence-electron chi connectivity index (χ3n) is 5.63. The van der Waals surface area contributed by atoms with Crippen LogP contribution in [0.2, 0.25) is 0 Å². The van der Waals surface area contributed by atoms with E-state index in [2.05, 4.69) is 38.3 Å². The number of hydrogen-bond acceptors (Lipinski definition) is 8. The van der Waals surface area contributed by atoms with Gasteiger partial charge in [-0.2, -0.15) is 0 Å². The number of rotatable bonds is 8. The van der Waals surface area contributed by atoms with E-state index < -0.39 is 0 Å². The van der Waals surface area contributed by atoms with Crippen LogP contribution in [0.1, 0.15) is 30.1 Å². The van der Waals surface area contributed by atoms with Crippen molar-refractivity contribution in [1.29, 1.82) is 0 Å². The van der Waals surface area contributed by atoms with Crippen LogP contribution in [0, 0.1) is 0 Å². The van der Waals surface area contributed by atoms with Gasteiger partial charge in [-0.05, 0) is 46.8 Å². The molecule has 1 aliphatic rings. The quantitative estimate of drug-likeness (QED) is 0.556. The molecule has 0 spiro atoms. The van der Waals surface area contributed by atoms with E-state index >= 15 is 0 Å². The molecule has 1 unspecified atom stereocenters. The number of nitrogens with zero attached hydrogens (tertiary/aromatic N) is 6. The van der Waals surface area contributed by atoms with Gasteiger partial charge in [0.25, 0.3) is 0 Å². The minimum Gasteiger partial charge on any atom is -0.493 e. The molecule has 0 saturated carbocycles. The smallest absolute Gasteiger partial charge is 0.173 e. The maximum Gasteiger partial charge on any atom is 0.173 e. The lowest BCUT2D eigenvalue weighted by atomic mass is 10.0. The molecule has 1 atom stereocenters. The van der Waals surface area contributed by atoms with Crippen LogP contribution in [0.4, 0.5) is 0 Å². The molecule has 0 bridgehead atoms. The maximum absolute atomic E-state index is 5.56. The summed E-state index contributed by atoms with van der Waals surface area (Å²) in [5, 5.41) is 12.6. The van der Waals surface area contributed by atoms with Gasteiger partial charge in [0.15, 0.2) is 17.3 Å². The Morgan fingerprint density at radius 2 is 1.87 bits per heavy atom. The summed E-state index contributed by atoms with van der Waals surface area (Å²) in [6.45, 7) is 7.63. The molecule has 9 nitrogen and oxygen atoms in total. The van der Waals surface area contributed by atoms with Crippen molar-refractivity contribution >= 4 is 0 Å². The number of piperazine rings is 1. The zero-order valence-corrected chi connectivity index (χ0v) is 17.7. The van der Waals surface area contributed by atoms with Crippen molar-refractivity contribution in [1.82, 2.24) is 30.0 Å². The summed E-state index contributed by atoms with van der Waals surface area (Å²) in [4.78, 5) is 4.88. The van der Waals surface area contributed by atoms with E-state index in [0.717, 1.165) is 49.9 Å². The molecule has 4 rings (SSSR count). The molecule has 3 heterocycles. The number of likely N-dealkylation sites (N-methyl/N-ethyl adjacent to an activating group) is 1. The van der Waals surface area contributed by atoms with E-state index in [-0.39, 0.29) is 6.04 Å². The van der Waals surface area contributed by atoms with Gasteiger partial charge in [-0.15, -0.1) is 5.10 Å². The van der Waals surface area contributed by atoms with Crippen LogP contribution in [-0.4, -0.2) is 77.0 Å². The predicted molar refractivity (Wildman–Crippen MR) is 111 cm³/mol. The van der Waals surface area contributed by atoms with E-state index in [1.165, 1.54) is 0 Å². The van der Waals surface area contributed by atoms with Crippen LogP contribution >= 0.6 is 0 Å². The van der Waals surface area contributed by atoms with Crippen molar-refractivity contribution in [3.63, 3.8) is 0 Å². The Balaban J connectivity index is 1.71. The van der Waals surface area contributed by atoms with Gasteiger partial charge in [0.2, 0.25) is 0 Å². The fourth-order valence-electron chi connectivity index (χ4n) is 3.95. The minimum absolute atomic E-state index is 0.103. The van der Waals surface area contributed by atoms with Crippen LogP contribution in [0.15, 0.2) is 41.0 Å². The van der Waals surface area contributed by atoms with Crippen LogP contribution in [-0.2, 0) is 6.54 Å². The summed E-state index contributed by atoms with van der Waals surface area (Å²) in [6.07, 6.45) is 1.66. The van der Waals surface area contributed by atoms with Crippen LogP contribution in [0.25, 0.3) is 0 Å². The van der Waals surface area contributed by atoms with Gasteiger partial charge in [-0.1, -0.05) is 13.0 Å². The molecule has 0 aliphatic carbocycles. The molecular weight excluding hydrogens is 384 g/mol. The Morgan fingerprint density at radius 1 is 1.07 bits per heavy atom. The summed E-state index contributed by atoms with van der Waals surface area (Å²) in [5.74, 6) is 2.98. The average Bonchev–Trinajstić information content (AvgIpc) is 3.47. The van der Waals surface area contributed by atoms with E-state index in [0.29, 0.717) is 18.0 Å². The topological polar surface area (TPSA) is 81.7 Å². The Morgan fingerprint density at radius 3 is 2.53 bits per heavy atom. The van der Waals surface area contributed by atoms with Gasteiger partial charge in [-0.25, -0.2) is 4.68 Å². The summed E-state index contributed by atoms with van der Waals surface area (Å²) in [7, 11) is 3.29. The van der Waals surface area contributed by atoms with Crippen molar-refractivity contribution in [2.45, 2.75) is 19.5 Å². The maximum atomic E-state index is 5.56. The predicted octanol–water partition coefficient (Wildman–Crippen LogP) is 2.06. The van der Waals surface area contributed by atoms with Crippen LogP contribution in [0.5, 0.6) is 11.5 Å². The highest BCUT2D eigenvalue weighted by molar-refractivity contribution is 5.45. The highest BCUT2D eigenvalue weighted by atomic mass is 16.5. The Labute approximate surface area is 176 Å². The van der Waals surface area contributed by atoms with Gasteiger partial charge in [0, 0.05) is 26.2 Å². The molecule has 1 aromatic carbocycles. The fourth-order valence-corrected chi connectivity index (χ4v) is 3.95. The Kier molecular flexibility index (Phi) is 6.29. The normalized spacial score (nSPS) is 16.5. The number of furan rings is 1. The van der Waals surface area contributed by atoms with Gasteiger partial charge < -0.3 is 18.8 Å². The van der Waals surface area contributed by atoms with Crippen molar-refractivity contribution in [3.05, 3.63) is 53.7 Å². The summed E-state index contributed by atoms with van der Waals surface area (Å²) >= 11 is 0. The fraction of sp³-hybridized carbons (Fsp3) is 0.476. The first-order chi connectivity index (χ1) is 14.7. The molecule has 160 valence electrons. The van der Waals surface area contributed by atoms with Gasteiger partial charge in [-0.3, -0.25) is 4.90 Å². The van der Waals surface area contributed by atoms with E-state index in [1.54, 1.807) is 20.5 Å². The summed E-state index contributed by atoms with van der Waals surface area (Å²) in [5.41, 5.74) is 1.06. The largest absolute Gasteiger partial charge is 0.493 e. The van der Waals surface area contributed by atoms with E-state index in [4.69, 9.17) is 13.9 Å². The number of benzene rings is 1. The standard InChI is InChI=1S/C21H28N6O3/c1-4-25-9-11-26(12-10-25)20(16-7-8-18(28-2)19(14-16)29-3)21-22-23-24-27(21)15-17-6-5-13-30-17/h5-8,13-14,20H,4,9-12,15H2,1-3H3. The number of methoxy groups -OCH3 is 2. The van der Waals surface area contributed by atoms with Gasteiger partial charge >= 0.3 is 0 Å². The first kappa shape index (κ1) is 20.4. The molecule has 30 heavy (non-hydrogen) atoms. The Bertz CT molecular complexity index is 934. The zero-order chi connectivity index (χ0) is 20.9. The first-order valence-electron chi connectivity index (χ1n) is 10.2. The molecule has 3 aromatic rings. The van der Waals surface area contributed by atoms with Crippen molar-refractivity contribution in [3.8, 4) is 11.5 Å². The lowest BCUT2D eigenvalue weighted by molar-refractivity contribution is 0.108. The molecule has 2 aromatic heterocycles. The second kappa shape index (κ2) is 9.27. The number of ether oxygens (including phenoxy) is 2. The summed E-state index contributed by atoms with van der Waals surface area (Å²) < 4.78 is 18.3. The molecule has 1 saturated heterocycles. The lowest BCUT2D eigenvalue weighted by Crippen LogP contribution is -2.48. The monoisotopic (exact) mass is 412 g/mol. The van der Waals surface area contributed by atoms with E-state index in [1.807, 2.05) is 28.9 Å². The average molecular weight is 412 g/mol. The third kappa shape index (κ3) is 4.17. The van der Waals surface area contributed by atoms with Crippen molar-refractivity contribution in [2.24, 2.45) is 0 Å². The Hall–Kier alpha value is -2.91. The molecular formula is C21H28N6O3. The molecule has 0 amide bonds. The molecule has 0 N–H and O–H groups in total. The number of hydrogen-bond donors (Lipinski definition) is 0. The number of tetrazole rings is 1. The highest BCUT2D eigenvalue weighted by Crippen LogP contribution is 2.35.